The number of non-ortho nitro benzene ring substituents is 2. The molecule has 0 spiro atoms. The fourth-order valence-electron chi connectivity index (χ4n) is 2.46. The van der Waals surface area contributed by atoms with E-state index in [1.165, 1.54) is 24.3 Å². The fourth-order valence-corrected chi connectivity index (χ4v) is 3.44. The molecule has 13 heteroatoms. The van der Waals surface area contributed by atoms with Gasteiger partial charge in [0.15, 0.2) is 10.8 Å². The van der Waals surface area contributed by atoms with Gasteiger partial charge in [-0.3, -0.25) is 30.3 Å². The minimum atomic E-state index is -4.80. The van der Waals surface area contributed by atoms with Gasteiger partial charge in [0.1, 0.15) is 0 Å². The second-order valence-electron chi connectivity index (χ2n) is 5.77. The number of amides is 1. The van der Waals surface area contributed by atoms with Crippen molar-refractivity contribution in [3.63, 3.8) is 0 Å². The highest BCUT2D eigenvalue weighted by molar-refractivity contribution is 7.19. The molecule has 0 aliphatic rings. The Morgan fingerprint density at radius 1 is 1.00 bits per heavy atom. The Hall–Kier alpha value is -3.87. The third-order valence-corrected chi connectivity index (χ3v) is 4.76. The van der Waals surface area contributed by atoms with Gasteiger partial charge in [0.05, 0.1) is 26.4 Å². The smallest absolute Gasteiger partial charge is 0.298 e. The van der Waals surface area contributed by atoms with Crippen LogP contribution in [-0.2, 0) is 6.18 Å². The Morgan fingerprint density at radius 2 is 1.57 bits per heavy atom. The first-order valence-corrected chi connectivity index (χ1v) is 8.76. The van der Waals surface area contributed by atoms with Crippen molar-refractivity contribution >= 4 is 33.8 Å². The molecule has 1 N–H and O–H groups in total. The van der Waals surface area contributed by atoms with Crippen molar-refractivity contribution in [2.24, 2.45) is 0 Å². The molecule has 2 aromatic carbocycles. The lowest BCUT2D eigenvalue weighted by molar-refractivity contribution is -0.394. The van der Waals surface area contributed by atoms with Gasteiger partial charge in [-0.15, -0.1) is 0 Å². The second kappa shape index (κ2) is 7.87. The van der Waals surface area contributed by atoms with Gasteiger partial charge in [0.2, 0.25) is 0 Å². The first kappa shape index (κ1) is 20.9. The number of rotatable bonds is 5. The van der Waals surface area contributed by atoms with Crippen molar-refractivity contribution < 1.29 is 27.8 Å². The summed E-state index contributed by atoms with van der Waals surface area (Å²) in [6, 6.07) is 9.80. The number of carbonyl (C=O) groups is 1. The zero-order chi connectivity index (χ0) is 22.1. The number of nitro benzene ring substituents is 2. The van der Waals surface area contributed by atoms with E-state index >= 15 is 0 Å². The predicted octanol–water partition coefficient (Wildman–Crippen LogP) is 4.90. The second-order valence-corrected chi connectivity index (χ2v) is 6.77. The average molecular weight is 438 g/mol. The highest BCUT2D eigenvalue weighted by Gasteiger charge is 2.38. The minimum Gasteiger partial charge on any atom is -0.298 e. The summed E-state index contributed by atoms with van der Waals surface area (Å²) in [5, 5.41) is 23.6. The number of nitrogens with one attached hydrogen (secondary N) is 1. The molecule has 0 saturated carbocycles. The molecule has 0 unspecified atom stereocenters. The maximum Gasteiger partial charge on any atom is 0.434 e. The molecular weight excluding hydrogens is 429 g/mol. The molecule has 9 nitrogen and oxygen atoms in total. The molecule has 0 bridgehead atoms. The van der Waals surface area contributed by atoms with Crippen molar-refractivity contribution in [3.05, 3.63) is 80.0 Å². The standard InChI is InChI=1S/C17H9F3N4O5S/c18-17(19,20)14-13(9-4-2-1-3-5-9)30-16(21-14)22-15(25)10-6-11(23(26)27)8-12(7-10)24(28)29/h1-8H,(H,21,22,25). The Labute approximate surface area is 169 Å². The summed E-state index contributed by atoms with van der Waals surface area (Å²) in [6.45, 7) is 0. The Morgan fingerprint density at radius 3 is 2.07 bits per heavy atom. The lowest BCUT2D eigenvalue weighted by Gasteiger charge is -2.05. The van der Waals surface area contributed by atoms with Gasteiger partial charge in [-0.1, -0.05) is 41.7 Å². The summed E-state index contributed by atoms with van der Waals surface area (Å²) >= 11 is 0.553. The number of nitrogens with zero attached hydrogens (tertiary/aromatic N) is 3. The highest BCUT2D eigenvalue weighted by Crippen LogP contribution is 2.42. The SMILES string of the molecule is O=C(Nc1nc(C(F)(F)F)c(-c2ccccc2)s1)c1cc([N+](=O)[O-])cc([N+](=O)[O-])c1. The zero-order valence-corrected chi connectivity index (χ0v) is 15.4. The number of nitro groups is 2. The maximum atomic E-state index is 13.4. The van der Waals surface area contributed by atoms with Gasteiger partial charge in [-0.25, -0.2) is 4.98 Å². The molecule has 0 atom stereocenters. The van der Waals surface area contributed by atoms with E-state index in [0.29, 0.717) is 17.4 Å². The van der Waals surface area contributed by atoms with Crippen LogP contribution in [0.3, 0.4) is 0 Å². The Bertz CT molecular complexity index is 1120. The lowest BCUT2D eigenvalue weighted by atomic mass is 10.1. The molecule has 0 radical (unpaired) electrons. The van der Waals surface area contributed by atoms with E-state index in [9.17, 15) is 38.2 Å². The van der Waals surface area contributed by atoms with E-state index in [4.69, 9.17) is 0 Å². The van der Waals surface area contributed by atoms with Gasteiger partial charge < -0.3 is 0 Å². The van der Waals surface area contributed by atoms with Crippen molar-refractivity contribution in [1.82, 2.24) is 4.98 Å². The van der Waals surface area contributed by atoms with Gasteiger partial charge in [-0.05, 0) is 5.56 Å². The summed E-state index contributed by atoms with van der Waals surface area (Å²) in [6.07, 6.45) is -4.80. The van der Waals surface area contributed by atoms with Crippen LogP contribution in [0.4, 0.5) is 29.7 Å². The van der Waals surface area contributed by atoms with Gasteiger partial charge >= 0.3 is 6.18 Å². The van der Waals surface area contributed by atoms with Crippen LogP contribution in [0.5, 0.6) is 0 Å². The van der Waals surface area contributed by atoms with Crippen LogP contribution in [-0.4, -0.2) is 20.7 Å². The minimum absolute atomic E-state index is 0.230. The Balaban J connectivity index is 1.99. The first-order chi connectivity index (χ1) is 14.1. The van der Waals surface area contributed by atoms with E-state index < -0.39 is 49.7 Å². The van der Waals surface area contributed by atoms with Crippen LogP contribution in [0.2, 0.25) is 0 Å². The maximum absolute atomic E-state index is 13.4. The van der Waals surface area contributed by atoms with Gasteiger partial charge in [0, 0.05) is 12.1 Å². The van der Waals surface area contributed by atoms with E-state index in [1.807, 2.05) is 0 Å². The van der Waals surface area contributed by atoms with E-state index in [2.05, 4.69) is 10.3 Å². The van der Waals surface area contributed by atoms with Crippen LogP contribution in [0.25, 0.3) is 10.4 Å². The number of anilines is 1. The number of thiazole rings is 1. The van der Waals surface area contributed by atoms with Crippen LogP contribution in [0.15, 0.2) is 48.5 Å². The van der Waals surface area contributed by atoms with Crippen LogP contribution >= 0.6 is 11.3 Å². The number of carbonyl (C=O) groups excluding carboxylic acids is 1. The number of aromatic nitrogens is 1. The molecular formula is C17H9F3N4O5S. The third-order valence-electron chi connectivity index (χ3n) is 3.74. The van der Waals surface area contributed by atoms with Crippen molar-refractivity contribution in [2.45, 2.75) is 6.18 Å². The van der Waals surface area contributed by atoms with Crippen LogP contribution in [0, 0.1) is 20.2 Å². The van der Waals surface area contributed by atoms with Crippen LogP contribution < -0.4 is 5.32 Å². The number of halogens is 3. The fraction of sp³-hybridized carbons (Fsp3) is 0.0588. The van der Waals surface area contributed by atoms with Crippen molar-refractivity contribution in [3.8, 4) is 10.4 Å². The summed E-state index contributed by atoms with van der Waals surface area (Å²) in [5.74, 6) is -1.08. The topological polar surface area (TPSA) is 128 Å². The molecule has 0 fully saturated rings. The monoisotopic (exact) mass is 438 g/mol. The molecule has 3 rings (SSSR count). The van der Waals surface area contributed by atoms with E-state index in [1.54, 1.807) is 6.07 Å². The normalized spacial score (nSPS) is 11.2. The average Bonchev–Trinajstić information content (AvgIpc) is 3.12. The lowest BCUT2D eigenvalue weighted by Crippen LogP contribution is -2.13. The first-order valence-electron chi connectivity index (χ1n) is 7.95. The zero-order valence-electron chi connectivity index (χ0n) is 14.5. The summed E-state index contributed by atoms with van der Waals surface area (Å²) in [4.78, 5) is 35.6. The molecule has 0 aliphatic heterocycles. The van der Waals surface area contributed by atoms with Gasteiger partial charge in [0.25, 0.3) is 17.3 Å². The Kier molecular flexibility index (Phi) is 5.47. The molecule has 1 amide bonds. The van der Waals surface area contributed by atoms with Gasteiger partial charge in [-0.2, -0.15) is 13.2 Å². The van der Waals surface area contributed by atoms with Crippen molar-refractivity contribution in [2.75, 3.05) is 5.32 Å². The molecule has 0 aliphatic carbocycles. The van der Waals surface area contributed by atoms with Crippen LogP contribution in [0.1, 0.15) is 16.1 Å². The number of alkyl halides is 3. The highest BCUT2D eigenvalue weighted by atomic mass is 32.1. The van der Waals surface area contributed by atoms with E-state index in [-0.39, 0.29) is 10.4 Å². The molecule has 1 heterocycles. The molecule has 30 heavy (non-hydrogen) atoms. The van der Waals surface area contributed by atoms with Crippen molar-refractivity contribution in [1.29, 1.82) is 0 Å². The third kappa shape index (κ3) is 4.41. The molecule has 0 saturated heterocycles. The number of hydrogen-bond donors (Lipinski definition) is 1. The molecule has 154 valence electrons. The summed E-state index contributed by atoms with van der Waals surface area (Å²) in [7, 11) is 0. The summed E-state index contributed by atoms with van der Waals surface area (Å²) < 4.78 is 40.1. The number of hydrogen-bond acceptors (Lipinski definition) is 7. The number of benzene rings is 2. The quantitative estimate of drug-likeness (QED) is 0.446. The predicted molar refractivity (Wildman–Crippen MR) is 100 cm³/mol. The summed E-state index contributed by atoms with van der Waals surface area (Å²) in [5.41, 5.74) is -2.88. The molecule has 3 aromatic rings. The largest absolute Gasteiger partial charge is 0.434 e. The molecule has 1 aromatic heterocycles. The van der Waals surface area contributed by atoms with E-state index in [0.717, 1.165) is 12.1 Å².